The minimum Gasteiger partial charge on any atom is -0.326 e. The molecule has 0 saturated carbocycles. The number of hydrogen-bond acceptors (Lipinski definition) is 2. The highest BCUT2D eigenvalue weighted by Gasteiger charge is 1.94. The minimum atomic E-state index is -2.71. The van der Waals surface area contributed by atoms with Crippen molar-refractivity contribution in [2.75, 3.05) is 6.61 Å². The minimum absolute atomic E-state index is 0.426. The molecule has 0 heterocycles. The topological polar surface area (TPSA) is 46.5 Å². The van der Waals surface area contributed by atoms with Crippen LogP contribution in [0, 0.1) is 0 Å². The summed E-state index contributed by atoms with van der Waals surface area (Å²) in [6, 6.07) is 0. The van der Waals surface area contributed by atoms with Crippen molar-refractivity contribution in [3.05, 3.63) is 12.2 Å². The molecule has 0 rings (SSSR count). The molecule has 1 atom stereocenters. The monoisotopic (exact) mass is 390 g/mol. The van der Waals surface area contributed by atoms with E-state index < -0.39 is 8.25 Å². The van der Waals surface area contributed by atoms with E-state index >= 15 is 0 Å². The van der Waals surface area contributed by atoms with Crippen molar-refractivity contribution in [1.82, 2.24) is 0 Å². The summed E-state index contributed by atoms with van der Waals surface area (Å²) in [5.41, 5.74) is 0. The Hall–Kier alpha value is -0.110. The zero-order chi connectivity index (χ0) is 19.7. The molecule has 3 nitrogen and oxygen atoms in total. The molecule has 1 unspecified atom stereocenters. The molecule has 0 saturated heterocycles. The predicted molar refractivity (Wildman–Crippen MR) is 117 cm³/mol. The summed E-state index contributed by atoms with van der Waals surface area (Å²) in [6.45, 7) is 7.05. The van der Waals surface area contributed by atoms with Crippen molar-refractivity contribution in [3.63, 3.8) is 0 Å². The molecule has 0 fully saturated rings. The average molecular weight is 391 g/mol. The maximum atomic E-state index is 10.3. The highest BCUT2D eigenvalue weighted by molar-refractivity contribution is 7.32. The first-order valence-electron chi connectivity index (χ1n) is 11.2. The SMILES string of the molecule is CCCC.CCCCCCCC/C=C\CCCCCCCCO[PH](=O)O. The molecular weight excluding hydrogens is 343 g/mol. The van der Waals surface area contributed by atoms with Crippen molar-refractivity contribution < 1.29 is 14.0 Å². The van der Waals surface area contributed by atoms with Gasteiger partial charge in [0.1, 0.15) is 0 Å². The molecule has 0 spiro atoms. The molecule has 0 aromatic rings. The Bertz CT molecular complexity index is 291. The van der Waals surface area contributed by atoms with E-state index in [1.807, 2.05) is 0 Å². The van der Waals surface area contributed by atoms with Gasteiger partial charge in [0.25, 0.3) is 0 Å². The van der Waals surface area contributed by atoms with E-state index in [4.69, 9.17) is 4.89 Å². The standard InChI is InChI=1S/C18H37O3P.C4H10/c1-2-3-4-5-6-7-8-9-10-11-12-13-14-15-16-17-18-21-22(19)20;1-3-4-2/h9-10,22H,2-8,11-18H2,1H3,(H,19,20);3-4H2,1-2H3/b10-9-;. The van der Waals surface area contributed by atoms with Crippen molar-refractivity contribution in [3.8, 4) is 0 Å². The number of allylic oxidation sites excluding steroid dienone is 2. The molecule has 0 amide bonds. The lowest BCUT2D eigenvalue weighted by atomic mass is 10.1. The molecule has 0 aromatic carbocycles. The normalized spacial score (nSPS) is 12.2. The highest BCUT2D eigenvalue weighted by Crippen LogP contribution is 2.16. The van der Waals surface area contributed by atoms with Crippen LogP contribution >= 0.6 is 8.25 Å². The van der Waals surface area contributed by atoms with Gasteiger partial charge in [0.2, 0.25) is 0 Å². The van der Waals surface area contributed by atoms with Crippen LogP contribution in [0.2, 0.25) is 0 Å². The molecule has 0 bridgehead atoms. The second kappa shape index (κ2) is 27.1. The van der Waals surface area contributed by atoms with Gasteiger partial charge in [-0.15, -0.1) is 0 Å². The van der Waals surface area contributed by atoms with Crippen molar-refractivity contribution >= 4 is 8.25 Å². The largest absolute Gasteiger partial charge is 0.326 e. The summed E-state index contributed by atoms with van der Waals surface area (Å²) in [6.07, 6.45) is 25.1. The van der Waals surface area contributed by atoms with Crippen LogP contribution in [0.5, 0.6) is 0 Å². The van der Waals surface area contributed by atoms with Crippen LogP contribution in [0.3, 0.4) is 0 Å². The Labute approximate surface area is 165 Å². The van der Waals surface area contributed by atoms with Crippen molar-refractivity contribution in [2.24, 2.45) is 0 Å². The van der Waals surface area contributed by atoms with E-state index in [2.05, 4.69) is 37.4 Å². The summed E-state index contributed by atoms with van der Waals surface area (Å²) < 4.78 is 15.0. The average Bonchev–Trinajstić information content (AvgIpc) is 2.64. The van der Waals surface area contributed by atoms with Gasteiger partial charge in [-0.25, -0.2) is 0 Å². The molecular formula is C22H47O3P. The highest BCUT2D eigenvalue weighted by atomic mass is 31.1. The summed E-state index contributed by atoms with van der Waals surface area (Å²) >= 11 is 0. The van der Waals surface area contributed by atoms with Crippen LogP contribution in [0.1, 0.15) is 124 Å². The molecule has 26 heavy (non-hydrogen) atoms. The lowest BCUT2D eigenvalue weighted by molar-refractivity contribution is 0.273. The molecule has 1 N–H and O–H groups in total. The van der Waals surface area contributed by atoms with Crippen LogP contribution in [-0.2, 0) is 9.09 Å². The third kappa shape index (κ3) is 31.6. The van der Waals surface area contributed by atoms with E-state index in [0.29, 0.717) is 6.61 Å². The van der Waals surface area contributed by atoms with Gasteiger partial charge in [-0.1, -0.05) is 104 Å². The fourth-order valence-electron chi connectivity index (χ4n) is 2.51. The summed E-state index contributed by atoms with van der Waals surface area (Å²) in [4.78, 5) is 8.50. The number of hydrogen-bond donors (Lipinski definition) is 1. The Morgan fingerprint density at radius 1 is 0.654 bits per heavy atom. The lowest BCUT2D eigenvalue weighted by Gasteiger charge is -2.01. The molecule has 0 aromatic heterocycles. The van der Waals surface area contributed by atoms with E-state index in [1.54, 1.807) is 0 Å². The Morgan fingerprint density at radius 2 is 1.08 bits per heavy atom. The Kier molecular flexibility index (Phi) is 29.3. The van der Waals surface area contributed by atoms with Gasteiger partial charge in [0, 0.05) is 0 Å². The maximum absolute atomic E-state index is 10.3. The molecule has 4 heteroatoms. The smallest absolute Gasteiger partial charge is 0.316 e. The van der Waals surface area contributed by atoms with Crippen LogP contribution in [0.15, 0.2) is 12.2 Å². The van der Waals surface area contributed by atoms with Gasteiger partial charge in [-0.2, -0.15) is 0 Å². The number of rotatable bonds is 18. The third-order valence-electron chi connectivity index (χ3n) is 4.38. The van der Waals surface area contributed by atoms with Gasteiger partial charge >= 0.3 is 8.25 Å². The van der Waals surface area contributed by atoms with E-state index in [9.17, 15) is 4.57 Å². The van der Waals surface area contributed by atoms with Crippen molar-refractivity contribution in [2.45, 2.75) is 124 Å². The first-order chi connectivity index (χ1) is 12.7. The lowest BCUT2D eigenvalue weighted by Crippen LogP contribution is -1.87. The fourth-order valence-corrected chi connectivity index (χ4v) is 2.83. The molecule has 0 aliphatic rings. The quantitative estimate of drug-likeness (QED) is 0.146. The van der Waals surface area contributed by atoms with E-state index in [0.717, 1.165) is 12.8 Å². The van der Waals surface area contributed by atoms with Crippen LogP contribution in [-0.4, -0.2) is 11.5 Å². The maximum Gasteiger partial charge on any atom is 0.316 e. The van der Waals surface area contributed by atoms with Crippen LogP contribution in [0.25, 0.3) is 0 Å². The van der Waals surface area contributed by atoms with Gasteiger partial charge in [-0.3, -0.25) is 4.57 Å². The molecule has 0 aliphatic heterocycles. The number of unbranched alkanes of at least 4 members (excludes halogenated alkanes) is 13. The summed E-state index contributed by atoms with van der Waals surface area (Å²) in [7, 11) is -2.71. The fraction of sp³-hybridized carbons (Fsp3) is 0.909. The molecule has 0 aliphatic carbocycles. The molecule has 158 valence electrons. The van der Waals surface area contributed by atoms with Crippen LogP contribution < -0.4 is 0 Å². The zero-order valence-electron chi connectivity index (χ0n) is 17.9. The third-order valence-corrected chi connectivity index (χ3v) is 4.83. The van der Waals surface area contributed by atoms with Crippen LogP contribution in [0.4, 0.5) is 0 Å². The summed E-state index contributed by atoms with van der Waals surface area (Å²) in [5.74, 6) is 0. The Balaban J connectivity index is 0. The summed E-state index contributed by atoms with van der Waals surface area (Å²) in [5, 5.41) is 0. The van der Waals surface area contributed by atoms with Gasteiger partial charge in [-0.05, 0) is 32.1 Å². The zero-order valence-corrected chi connectivity index (χ0v) is 18.9. The Morgan fingerprint density at radius 3 is 1.50 bits per heavy atom. The second-order valence-corrected chi connectivity index (χ2v) is 7.87. The van der Waals surface area contributed by atoms with E-state index in [1.165, 1.54) is 89.9 Å². The van der Waals surface area contributed by atoms with Crippen molar-refractivity contribution in [1.29, 1.82) is 0 Å². The predicted octanol–water partition coefficient (Wildman–Crippen LogP) is 8.23. The molecule has 0 radical (unpaired) electrons. The van der Waals surface area contributed by atoms with Gasteiger partial charge < -0.3 is 9.42 Å². The first kappa shape index (κ1) is 28.1. The van der Waals surface area contributed by atoms with Gasteiger partial charge in [0.15, 0.2) is 0 Å². The van der Waals surface area contributed by atoms with E-state index in [-0.39, 0.29) is 0 Å². The first-order valence-corrected chi connectivity index (χ1v) is 12.5. The second-order valence-electron chi connectivity index (χ2n) is 7.05. The van der Waals surface area contributed by atoms with Gasteiger partial charge in [0.05, 0.1) is 6.61 Å².